The molecule has 1 atom stereocenters. The van der Waals surface area contributed by atoms with Gasteiger partial charge in [0.25, 0.3) is 0 Å². The van der Waals surface area contributed by atoms with Crippen LogP contribution in [0.2, 0.25) is 0 Å². The molecule has 1 aromatic heterocycles. The summed E-state index contributed by atoms with van der Waals surface area (Å²) in [7, 11) is 0. The third-order valence-corrected chi connectivity index (χ3v) is 3.61. The van der Waals surface area contributed by atoms with Gasteiger partial charge >= 0.3 is 0 Å². The molecule has 4 heteroatoms. The van der Waals surface area contributed by atoms with Crippen molar-refractivity contribution in [2.24, 2.45) is 0 Å². The highest BCUT2D eigenvalue weighted by atomic mass is 32.1. The Bertz CT molecular complexity index is 599. The first-order chi connectivity index (χ1) is 9.27. The van der Waals surface area contributed by atoms with E-state index in [0.717, 1.165) is 4.88 Å². The fourth-order valence-electron chi connectivity index (χ4n) is 1.81. The molecule has 1 unspecified atom stereocenters. The molecular weight excluding hydrogens is 258 g/mol. The minimum atomic E-state index is -0.762. The Balaban J connectivity index is 2.36. The lowest BCUT2D eigenvalue weighted by molar-refractivity contribution is 0.0976. The molecule has 2 aromatic rings. The van der Waals surface area contributed by atoms with Crippen molar-refractivity contribution in [3.8, 4) is 11.8 Å². The van der Waals surface area contributed by atoms with Crippen LogP contribution in [0.1, 0.15) is 28.1 Å². The van der Waals surface area contributed by atoms with E-state index in [4.69, 9.17) is 4.74 Å². The smallest absolute Gasteiger partial charge is 0.189 e. The number of nitrogens with zero attached hydrogens (tertiary/aromatic N) is 1. The van der Waals surface area contributed by atoms with E-state index >= 15 is 0 Å². The maximum absolute atomic E-state index is 12.5. The number of Topliss-reactive ketones (excluding diaryl/α,β-unsaturated/α-hetero) is 1. The second kappa shape index (κ2) is 6.17. The van der Waals surface area contributed by atoms with Crippen molar-refractivity contribution in [3.63, 3.8) is 0 Å². The van der Waals surface area contributed by atoms with E-state index < -0.39 is 5.92 Å². The van der Waals surface area contributed by atoms with Crippen molar-refractivity contribution in [2.45, 2.75) is 12.8 Å². The second-order valence-electron chi connectivity index (χ2n) is 3.87. The topological polar surface area (TPSA) is 50.1 Å². The molecule has 0 aliphatic heterocycles. The monoisotopic (exact) mass is 271 g/mol. The van der Waals surface area contributed by atoms with E-state index in [1.54, 1.807) is 24.3 Å². The fourth-order valence-corrected chi connectivity index (χ4v) is 2.58. The second-order valence-corrected chi connectivity index (χ2v) is 4.85. The lowest BCUT2D eigenvalue weighted by Crippen LogP contribution is -2.12. The molecule has 1 aromatic carbocycles. The highest BCUT2D eigenvalue weighted by Crippen LogP contribution is 2.28. The van der Waals surface area contributed by atoms with E-state index in [-0.39, 0.29) is 5.78 Å². The number of benzene rings is 1. The summed E-state index contributed by atoms with van der Waals surface area (Å²) in [4.78, 5) is 13.2. The minimum Gasteiger partial charge on any atom is -0.493 e. The molecule has 0 fully saturated rings. The summed E-state index contributed by atoms with van der Waals surface area (Å²) >= 11 is 1.41. The summed E-state index contributed by atoms with van der Waals surface area (Å²) < 4.78 is 5.44. The number of para-hydroxylation sites is 1. The van der Waals surface area contributed by atoms with E-state index in [1.807, 2.05) is 24.4 Å². The Kier molecular flexibility index (Phi) is 4.32. The fraction of sp³-hybridized carbons (Fsp3) is 0.200. The van der Waals surface area contributed by atoms with Gasteiger partial charge in [0.1, 0.15) is 11.7 Å². The van der Waals surface area contributed by atoms with Gasteiger partial charge in [-0.25, -0.2) is 0 Å². The lowest BCUT2D eigenvalue weighted by atomic mass is 9.97. The third-order valence-electron chi connectivity index (χ3n) is 2.67. The van der Waals surface area contributed by atoms with E-state index in [2.05, 4.69) is 6.07 Å². The van der Waals surface area contributed by atoms with Crippen LogP contribution in [0, 0.1) is 11.3 Å². The van der Waals surface area contributed by atoms with Crippen LogP contribution >= 0.6 is 11.3 Å². The molecular formula is C15H13NO2S. The first-order valence-electron chi connectivity index (χ1n) is 5.97. The molecule has 0 saturated carbocycles. The maximum Gasteiger partial charge on any atom is 0.189 e. The van der Waals surface area contributed by atoms with Gasteiger partial charge in [-0.1, -0.05) is 18.2 Å². The number of ether oxygens (including phenoxy) is 1. The molecule has 0 aliphatic carbocycles. The normalized spacial score (nSPS) is 11.6. The van der Waals surface area contributed by atoms with Crippen LogP contribution in [0.3, 0.4) is 0 Å². The van der Waals surface area contributed by atoms with Crippen LogP contribution in [-0.4, -0.2) is 12.4 Å². The molecule has 0 bridgehead atoms. The Labute approximate surface area is 116 Å². The minimum absolute atomic E-state index is 0.214. The first-order valence-corrected chi connectivity index (χ1v) is 6.85. The number of thiophene rings is 1. The highest BCUT2D eigenvalue weighted by molar-refractivity contribution is 7.10. The van der Waals surface area contributed by atoms with Gasteiger partial charge in [0, 0.05) is 4.88 Å². The van der Waals surface area contributed by atoms with Gasteiger partial charge in [0.2, 0.25) is 0 Å². The number of carbonyl (C=O) groups excluding carboxylic acids is 1. The van der Waals surface area contributed by atoms with Crippen LogP contribution in [0.15, 0.2) is 41.8 Å². The molecule has 1 heterocycles. The average Bonchev–Trinajstić information content (AvgIpc) is 2.94. The predicted molar refractivity (Wildman–Crippen MR) is 74.6 cm³/mol. The van der Waals surface area contributed by atoms with Crippen molar-refractivity contribution in [1.82, 2.24) is 0 Å². The Hall–Kier alpha value is -2.12. The molecule has 0 spiro atoms. The average molecular weight is 271 g/mol. The number of rotatable bonds is 5. The van der Waals surface area contributed by atoms with Crippen molar-refractivity contribution >= 4 is 17.1 Å². The quantitative estimate of drug-likeness (QED) is 0.780. The summed E-state index contributed by atoms with van der Waals surface area (Å²) in [6.07, 6.45) is 0. The molecule has 0 saturated heterocycles. The summed E-state index contributed by atoms with van der Waals surface area (Å²) in [6, 6.07) is 12.8. The predicted octanol–water partition coefficient (Wildman–Crippen LogP) is 3.64. The highest BCUT2D eigenvalue weighted by Gasteiger charge is 2.25. The van der Waals surface area contributed by atoms with Crippen molar-refractivity contribution < 1.29 is 9.53 Å². The molecule has 0 radical (unpaired) electrons. The van der Waals surface area contributed by atoms with Gasteiger partial charge in [-0.3, -0.25) is 4.79 Å². The molecule has 0 amide bonds. The maximum atomic E-state index is 12.5. The van der Waals surface area contributed by atoms with E-state index in [0.29, 0.717) is 17.9 Å². The summed E-state index contributed by atoms with van der Waals surface area (Å²) in [6.45, 7) is 2.35. The van der Waals surface area contributed by atoms with Crippen LogP contribution in [-0.2, 0) is 0 Å². The number of carbonyl (C=O) groups is 1. The van der Waals surface area contributed by atoms with Crippen molar-refractivity contribution in [1.29, 1.82) is 5.26 Å². The molecule has 0 aliphatic rings. The van der Waals surface area contributed by atoms with Crippen LogP contribution in [0.4, 0.5) is 0 Å². The van der Waals surface area contributed by atoms with Gasteiger partial charge in [0.15, 0.2) is 5.78 Å². The van der Waals surface area contributed by atoms with Crippen LogP contribution in [0.25, 0.3) is 0 Å². The Morgan fingerprint density at radius 2 is 2.16 bits per heavy atom. The first kappa shape index (κ1) is 13.3. The third kappa shape index (κ3) is 2.83. The van der Waals surface area contributed by atoms with Gasteiger partial charge in [-0.05, 0) is 30.5 Å². The van der Waals surface area contributed by atoms with Gasteiger partial charge in [0.05, 0.1) is 18.2 Å². The number of hydrogen-bond acceptors (Lipinski definition) is 4. The Morgan fingerprint density at radius 1 is 1.37 bits per heavy atom. The van der Waals surface area contributed by atoms with Crippen LogP contribution < -0.4 is 4.74 Å². The zero-order chi connectivity index (χ0) is 13.7. The standard InChI is InChI=1S/C15H13NO2S/c1-2-18-13-7-4-3-6-11(13)15(17)12(10-16)14-8-5-9-19-14/h3-9,12H,2H2,1H3. The molecule has 96 valence electrons. The van der Waals surface area contributed by atoms with Gasteiger partial charge in [-0.15, -0.1) is 11.3 Å². The van der Waals surface area contributed by atoms with E-state index in [1.165, 1.54) is 11.3 Å². The van der Waals surface area contributed by atoms with E-state index in [9.17, 15) is 10.1 Å². The summed E-state index contributed by atoms with van der Waals surface area (Å²) in [5.74, 6) is -0.442. The SMILES string of the molecule is CCOc1ccccc1C(=O)C(C#N)c1cccs1. The van der Waals surface area contributed by atoms with Gasteiger partial charge in [-0.2, -0.15) is 5.26 Å². The zero-order valence-electron chi connectivity index (χ0n) is 10.5. The molecule has 3 nitrogen and oxygen atoms in total. The largest absolute Gasteiger partial charge is 0.493 e. The Morgan fingerprint density at radius 3 is 2.79 bits per heavy atom. The van der Waals surface area contributed by atoms with Crippen molar-refractivity contribution in [3.05, 3.63) is 52.2 Å². The molecule has 19 heavy (non-hydrogen) atoms. The zero-order valence-corrected chi connectivity index (χ0v) is 11.3. The van der Waals surface area contributed by atoms with Crippen LogP contribution in [0.5, 0.6) is 5.75 Å². The number of ketones is 1. The van der Waals surface area contributed by atoms with Gasteiger partial charge < -0.3 is 4.74 Å². The number of hydrogen-bond donors (Lipinski definition) is 0. The lowest BCUT2D eigenvalue weighted by Gasteiger charge is -2.11. The summed E-state index contributed by atoms with van der Waals surface area (Å²) in [5.41, 5.74) is 0.462. The van der Waals surface area contributed by atoms with Crippen molar-refractivity contribution in [2.75, 3.05) is 6.61 Å². The molecule has 2 rings (SSSR count). The number of nitriles is 1. The molecule has 0 N–H and O–H groups in total. The summed E-state index contributed by atoms with van der Waals surface area (Å²) in [5, 5.41) is 11.1.